The van der Waals surface area contributed by atoms with Crippen molar-refractivity contribution in [1.82, 2.24) is 24.6 Å². The summed E-state index contributed by atoms with van der Waals surface area (Å²) in [6.07, 6.45) is 1.52. The fraction of sp³-hybridized carbons (Fsp3) is 0.200. The Kier molecular flexibility index (Phi) is 3.00. The molecular formula is C15H14N6S. The molecule has 3 heterocycles. The highest BCUT2D eigenvalue weighted by molar-refractivity contribution is 7.18. The first kappa shape index (κ1) is 13.1. The number of para-hydroxylation sites is 1. The lowest BCUT2D eigenvalue weighted by Gasteiger charge is -2.18. The lowest BCUT2D eigenvalue weighted by molar-refractivity contribution is 0.824. The highest BCUT2D eigenvalue weighted by atomic mass is 32.1. The maximum atomic E-state index is 4.68. The zero-order chi connectivity index (χ0) is 15.1. The molecule has 0 saturated carbocycles. The summed E-state index contributed by atoms with van der Waals surface area (Å²) in [5.41, 5.74) is 1.97. The van der Waals surface area contributed by atoms with Crippen molar-refractivity contribution in [1.29, 1.82) is 0 Å². The second-order valence-corrected chi connectivity index (χ2v) is 6.27. The second kappa shape index (κ2) is 5.03. The summed E-state index contributed by atoms with van der Waals surface area (Å²) in [7, 11) is 2.03. The number of thiazole rings is 1. The summed E-state index contributed by atoms with van der Waals surface area (Å²) >= 11 is 1.72. The van der Waals surface area contributed by atoms with Crippen LogP contribution in [0.15, 0.2) is 36.7 Å². The van der Waals surface area contributed by atoms with Gasteiger partial charge in [-0.3, -0.25) is 0 Å². The second-order valence-electron chi connectivity index (χ2n) is 5.16. The Bertz CT molecular complexity index is 924. The molecule has 1 aromatic carbocycles. The van der Waals surface area contributed by atoms with Gasteiger partial charge in [-0.25, -0.2) is 9.97 Å². The molecule has 4 rings (SSSR count). The maximum absolute atomic E-state index is 4.68. The average Bonchev–Trinajstić information content (AvgIpc) is 3.11. The predicted octanol–water partition coefficient (Wildman–Crippen LogP) is 2.68. The molecule has 0 aliphatic heterocycles. The molecule has 7 heteroatoms. The molecule has 0 aliphatic rings. The van der Waals surface area contributed by atoms with Crippen molar-refractivity contribution in [2.45, 2.75) is 13.5 Å². The molecule has 110 valence electrons. The van der Waals surface area contributed by atoms with Crippen LogP contribution < -0.4 is 4.90 Å². The smallest absolute Gasteiger partial charge is 0.254 e. The Balaban J connectivity index is 1.71. The minimum atomic E-state index is 0.617. The molecule has 3 aromatic heterocycles. The molecule has 0 fully saturated rings. The van der Waals surface area contributed by atoms with Crippen molar-refractivity contribution in [3.63, 3.8) is 0 Å². The van der Waals surface area contributed by atoms with Gasteiger partial charge in [0.25, 0.3) is 5.78 Å². The van der Waals surface area contributed by atoms with Crippen molar-refractivity contribution in [3.8, 4) is 0 Å². The summed E-state index contributed by atoms with van der Waals surface area (Å²) in [5, 5.41) is 5.33. The Morgan fingerprint density at radius 1 is 1.23 bits per heavy atom. The standard InChI is InChI=1S/C15H14N6S/c1-10-7-14(21-15(18-10)16-9-17-21)20(2)8-13-19-11-5-3-4-6-12(11)22-13/h3-7,9H,8H2,1-2H3. The first-order valence-corrected chi connectivity index (χ1v) is 7.75. The topological polar surface area (TPSA) is 59.2 Å². The number of rotatable bonds is 3. The van der Waals surface area contributed by atoms with Crippen LogP contribution in [0.4, 0.5) is 5.82 Å². The van der Waals surface area contributed by atoms with Gasteiger partial charge in [0, 0.05) is 18.8 Å². The van der Waals surface area contributed by atoms with Crippen LogP contribution >= 0.6 is 11.3 Å². The van der Waals surface area contributed by atoms with Crippen LogP contribution in [0.3, 0.4) is 0 Å². The highest BCUT2D eigenvalue weighted by Gasteiger charge is 2.12. The number of nitrogens with zero attached hydrogens (tertiary/aromatic N) is 6. The van der Waals surface area contributed by atoms with E-state index in [1.54, 1.807) is 15.9 Å². The third-order valence-corrected chi connectivity index (χ3v) is 4.48. The number of aromatic nitrogens is 5. The van der Waals surface area contributed by atoms with Crippen LogP contribution in [0.2, 0.25) is 0 Å². The van der Waals surface area contributed by atoms with Gasteiger partial charge in [0.15, 0.2) is 0 Å². The first-order valence-electron chi connectivity index (χ1n) is 6.94. The summed E-state index contributed by atoms with van der Waals surface area (Å²) < 4.78 is 2.96. The van der Waals surface area contributed by atoms with E-state index in [0.717, 1.165) is 28.6 Å². The lowest BCUT2D eigenvalue weighted by atomic mass is 10.3. The minimum Gasteiger partial charge on any atom is -0.353 e. The third-order valence-electron chi connectivity index (χ3n) is 3.46. The summed E-state index contributed by atoms with van der Waals surface area (Å²) in [6.45, 7) is 2.68. The molecular weight excluding hydrogens is 296 g/mol. The third kappa shape index (κ3) is 2.19. The Morgan fingerprint density at radius 3 is 2.95 bits per heavy atom. The van der Waals surface area contributed by atoms with Gasteiger partial charge in [0.1, 0.15) is 17.2 Å². The van der Waals surface area contributed by atoms with Gasteiger partial charge in [-0.15, -0.1) is 11.3 Å². The molecule has 0 unspecified atom stereocenters. The van der Waals surface area contributed by atoms with E-state index in [1.165, 1.54) is 11.0 Å². The van der Waals surface area contributed by atoms with Crippen LogP contribution in [0.1, 0.15) is 10.7 Å². The highest BCUT2D eigenvalue weighted by Crippen LogP contribution is 2.24. The number of benzene rings is 1. The van der Waals surface area contributed by atoms with E-state index >= 15 is 0 Å². The van der Waals surface area contributed by atoms with E-state index in [2.05, 4.69) is 31.0 Å². The normalized spacial score (nSPS) is 11.4. The maximum Gasteiger partial charge on any atom is 0.254 e. The van der Waals surface area contributed by atoms with Crippen molar-refractivity contribution in [2.75, 3.05) is 11.9 Å². The van der Waals surface area contributed by atoms with E-state index in [1.807, 2.05) is 38.2 Å². The van der Waals surface area contributed by atoms with E-state index in [4.69, 9.17) is 0 Å². The molecule has 0 N–H and O–H groups in total. The monoisotopic (exact) mass is 310 g/mol. The minimum absolute atomic E-state index is 0.617. The fourth-order valence-electron chi connectivity index (χ4n) is 2.45. The fourth-order valence-corrected chi connectivity index (χ4v) is 3.48. The number of fused-ring (bicyclic) bond motifs is 2. The Morgan fingerprint density at radius 2 is 2.09 bits per heavy atom. The van der Waals surface area contributed by atoms with Gasteiger partial charge < -0.3 is 4.90 Å². The SMILES string of the molecule is Cc1cc(N(C)Cc2nc3ccccc3s2)n2ncnc2n1. The van der Waals surface area contributed by atoms with Gasteiger partial charge in [0.2, 0.25) is 0 Å². The van der Waals surface area contributed by atoms with Gasteiger partial charge in [-0.05, 0) is 19.1 Å². The van der Waals surface area contributed by atoms with Crippen molar-refractivity contribution in [2.24, 2.45) is 0 Å². The zero-order valence-electron chi connectivity index (χ0n) is 12.3. The van der Waals surface area contributed by atoms with Crippen LogP contribution in [-0.2, 0) is 6.54 Å². The van der Waals surface area contributed by atoms with Crippen LogP contribution in [0.5, 0.6) is 0 Å². The molecule has 0 spiro atoms. The van der Waals surface area contributed by atoms with Crippen LogP contribution in [-0.4, -0.2) is 31.6 Å². The molecule has 22 heavy (non-hydrogen) atoms. The van der Waals surface area contributed by atoms with Crippen molar-refractivity contribution >= 4 is 33.1 Å². The van der Waals surface area contributed by atoms with Crippen molar-refractivity contribution in [3.05, 3.63) is 47.4 Å². The Hall–Kier alpha value is -2.54. The number of aryl methyl sites for hydroxylation is 1. The molecule has 0 amide bonds. The largest absolute Gasteiger partial charge is 0.353 e. The van der Waals surface area contributed by atoms with Crippen molar-refractivity contribution < 1.29 is 0 Å². The van der Waals surface area contributed by atoms with E-state index < -0.39 is 0 Å². The molecule has 6 nitrogen and oxygen atoms in total. The summed E-state index contributed by atoms with van der Waals surface area (Å²) in [4.78, 5) is 15.3. The van der Waals surface area contributed by atoms with E-state index in [-0.39, 0.29) is 0 Å². The molecule has 4 aromatic rings. The average molecular weight is 310 g/mol. The van der Waals surface area contributed by atoms with Crippen LogP contribution in [0, 0.1) is 6.92 Å². The van der Waals surface area contributed by atoms with Gasteiger partial charge in [0.05, 0.1) is 16.8 Å². The quantitative estimate of drug-likeness (QED) is 0.582. The summed E-state index contributed by atoms with van der Waals surface area (Å²) in [5.74, 6) is 1.57. The van der Waals surface area contributed by atoms with E-state index in [0.29, 0.717) is 5.78 Å². The summed E-state index contributed by atoms with van der Waals surface area (Å²) in [6, 6.07) is 10.2. The van der Waals surface area contributed by atoms with Gasteiger partial charge in [-0.1, -0.05) is 12.1 Å². The Labute approximate surface area is 131 Å². The molecule has 0 aliphatic carbocycles. The molecule has 0 radical (unpaired) electrons. The molecule has 0 atom stereocenters. The van der Waals surface area contributed by atoms with Crippen LogP contribution in [0.25, 0.3) is 16.0 Å². The molecule has 0 saturated heterocycles. The number of hydrogen-bond donors (Lipinski definition) is 0. The first-order chi connectivity index (χ1) is 10.7. The molecule has 0 bridgehead atoms. The van der Waals surface area contributed by atoms with Gasteiger partial charge >= 0.3 is 0 Å². The predicted molar refractivity (Wildman–Crippen MR) is 87.2 cm³/mol. The zero-order valence-corrected chi connectivity index (χ0v) is 13.1. The van der Waals surface area contributed by atoms with Gasteiger partial charge in [-0.2, -0.15) is 14.6 Å². The van der Waals surface area contributed by atoms with E-state index in [9.17, 15) is 0 Å². The number of anilines is 1. The number of hydrogen-bond acceptors (Lipinski definition) is 6. The lowest BCUT2D eigenvalue weighted by Crippen LogP contribution is -2.20.